The summed E-state index contributed by atoms with van der Waals surface area (Å²) >= 11 is 2.21. The Labute approximate surface area is 97.9 Å². The Balaban J connectivity index is 2.53. The first-order valence-electron chi connectivity index (χ1n) is 4.42. The molecule has 3 nitrogen and oxygen atoms in total. The molecule has 1 heterocycles. The van der Waals surface area contributed by atoms with E-state index in [-0.39, 0.29) is 6.09 Å². The summed E-state index contributed by atoms with van der Waals surface area (Å²) in [6.45, 7) is 6.16. The van der Waals surface area contributed by atoms with Crippen molar-refractivity contribution in [2.75, 3.05) is 6.54 Å². The van der Waals surface area contributed by atoms with Crippen LogP contribution in [-0.4, -0.2) is 23.1 Å². The highest BCUT2D eigenvalue weighted by molar-refractivity contribution is 14.1. The van der Waals surface area contributed by atoms with Crippen molar-refractivity contribution >= 4 is 28.7 Å². The lowest BCUT2D eigenvalue weighted by molar-refractivity contribution is 0.0350. The van der Waals surface area contributed by atoms with Gasteiger partial charge in [-0.3, -0.25) is 4.90 Å². The van der Waals surface area contributed by atoms with Crippen molar-refractivity contribution in [1.82, 2.24) is 4.90 Å². The SMILES string of the molecule is CC(C)(C)OC(=O)N1C=CC(I)=CC1. The largest absolute Gasteiger partial charge is 0.443 e. The number of hydrogen-bond acceptors (Lipinski definition) is 2. The molecule has 0 radical (unpaired) electrons. The van der Waals surface area contributed by atoms with Crippen LogP contribution in [-0.2, 0) is 4.74 Å². The molecule has 0 bridgehead atoms. The molecule has 0 atom stereocenters. The van der Waals surface area contributed by atoms with E-state index in [1.807, 2.05) is 32.9 Å². The van der Waals surface area contributed by atoms with Gasteiger partial charge in [-0.05, 0) is 49.4 Å². The molecule has 0 aromatic carbocycles. The van der Waals surface area contributed by atoms with Crippen molar-refractivity contribution < 1.29 is 9.53 Å². The summed E-state index contributed by atoms with van der Waals surface area (Å²) in [6.07, 6.45) is 5.31. The Morgan fingerprint density at radius 2 is 2.21 bits per heavy atom. The summed E-state index contributed by atoms with van der Waals surface area (Å²) in [6, 6.07) is 0. The summed E-state index contributed by atoms with van der Waals surface area (Å²) in [5.74, 6) is 0. The van der Waals surface area contributed by atoms with Crippen LogP contribution in [0.25, 0.3) is 0 Å². The zero-order valence-corrected chi connectivity index (χ0v) is 10.7. The van der Waals surface area contributed by atoms with Crippen LogP contribution in [0.5, 0.6) is 0 Å². The molecule has 0 aromatic heterocycles. The summed E-state index contributed by atoms with van der Waals surface area (Å²) < 4.78 is 6.36. The predicted octanol–water partition coefficient (Wildman–Crippen LogP) is 3.07. The highest BCUT2D eigenvalue weighted by atomic mass is 127. The molecule has 0 aliphatic carbocycles. The van der Waals surface area contributed by atoms with E-state index in [0.717, 1.165) is 3.58 Å². The summed E-state index contributed by atoms with van der Waals surface area (Å²) in [4.78, 5) is 13.1. The van der Waals surface area contributed by atoms with Gasteiger partial charge in [0.15, 0.2) is 0 Å². The van der Waals surface area contributed by atoms with Crippen LogP contribution in [0, 0.1) is 0 Å². The van der Waals surface area contributed by atoms with E-state index in [1.165, 1.54) is 0 Å². The summed E-state index contributed by atoms with van der Waals surface area (Å²) in [5.41, 5.74) is -0.431. The topological polar surface area (TPSA) is 29.5 Å². The van der Waals surface area contributed by atoms with Gasteiger partial charge in [-0.2, -0.15) is 0 Å². The minimum absolute atomic E-state index is 0.297. The Morgan fingerprint density at radius 1 is 1.57 bits per heavy atom. The predicted molar refractivity (Wildman–Crippen MR) is 64.2 cm³/mol. The van der Waals surface area contributed by atoms with Gasteiger partial charge in [-0.25, -0.2) is 4.79 Å². The monoisotopic (exact) mass is 307 g/mol. The normalized spacial score (nSPS) is 16.6. The van der Waals surface area contributed by atoms with Gasteiger partial charge in [0.2, 0.25) is 0 Å². The van der Waals surface area contributed by atoms with E-state index in [0.29, 0.717) is 6.54 Å². The van der Waals surface area contributed by atoms with Crippen molar-refractivity contribution in [2.45, 2.75) is 26.4 Å². The van der Waals surface area contributed by atoms with Gasteiger partial charge in [0.05, 0.1) is 0 Å². The number of allylic oxidation sites excluding steroid dienone is 2. The summed E-state index contributed by atoms with van der Waals surface area (Å²) in [7, 11) is 0. The minimum atomic E-state index is -0.431. The number of amides is 1. The molecule has 0 unspecified atom stereocenters. The van der Waals surface area contributed by atoms with Gasteiger partial charge in [-0.15, -0.1) is 0 Å². The van der Waals surface area contributed by atoms with Crippen LogP contribution >= 0.6 is 22.6 Å². The average Bonchev–Trinajstić information content (AvgIpc) is 2.02. The van der Waals surface area contributed by atoms with Gasteiger partial charge >= 0.3 is 6.09 Å². The first kappa shape index (κ1) is 11.6. The quantitative estimate of drug-likeness (QED) is 0.644. The number of carbonyl (C=O) groups is 1. The van der Waals surface area contributed by atoms with Crippen LogP contribution in [0.15, 0.2) is 21.9 Å². The number of ether oxygens (including phenoxy) is 1. The average molecular weight is 307 g/mol. The third kappa shape index (κ3) is 3.69. The Kier molecular flexibility index (Phi) is 3.58. The third-order valence-electron chi connectivity index (χ3n) is 1.52. The number of halogens is 1. The molecular weight excluding hydrogens is 293 g/mol. The highest BCUT2D eigenvalue weighted by Gasteiger charge is 2.20. The number of hydrogen-bond donors (Lipinski definition) is 0. The smallest absolute Gasteiger partial charge is 0.414 e. The van der Waals surface area contributed by atoms with Crippen molar-refractivity contribution in [1.29, 1.82) is 0 Å². The first-order chi connectivity index (χ1) is 6.38. The Hall–Kier alpha value is -0.520. The van der Waals surface area contributed by atoms with Gasteiger partial charge in [0, 0.05) is 16.3 Å². The molecule has 0 saturated carbocycles. The van der Waals surface area contributed by atoms with E-state index in [1.54, 1.807) is 11.1 Å². The lowest BCUT2D eigenvalue weighted by Gasteiger charge is -2.25. The maximum atomic E-state index is 11.5. The third-order valence-corrected chi connectivity index (χ3v) is 2.32. The molecule has 1 amide bonds. The molecule has 1 rings (SSSR count). The van der Waals surface area contributed by atoms with Crippen molar-refractivity contribution in [3.63, 3.8) is 0 Å². The van der Waals surface area contributed by atoms with E-state index < -0.39 is 5.60 Å². The van der Waals surface area contributed by atoms with Crippen molar-refractivity contribution in [3.05, 3.63) is 21.9 Å². The first-order valence-corrected chi connectivity index (χ1v) is 5.50. The second-order valence-corrected chi connectivity index (χ2v) is 5.28. The van der Waals surface area contributed by atoms with Gasteiger partial charge in [-0.1, -0.05) is 6.08 Å². The molecule has 0 aromatic rings. The fraction of sp³-hybridized carbons (Fsp3) is 0.500. The highest BCUT2D eigenvalue weighted by Crippen LogP contribution is 2.16. The lowest BCUT2D eigenvalue weighted by atomic mass is 10.2. The van der Waals surface area contributed by atoms with E-state index >= 15 is 0 Å². The maximum Gasteiger partial charge on any atom is 0.414 e. The molecule has 4 heteroatoms. The zero-order chi connectivity index (χ0) is 10.8. The molecule has 78 valence electrons. The Morgan fingerprint density at radius 3 is 2.64 bits per heavy atom. The van der Waals surface area contributed by atoms with Gasteiger partial charge in [0.25, 0.3) is 0 Å². The van der Waals surface area contributed by atoms with E-state index in [2.05, 4.69) is 22.6 Å². The minimum Gasteiger partial charge on any atom is -0.443 e. The molecule has 0 spiro atoms. The molecule has 1 aliphatic heterocycles. The molecule has 0 fully saturated rings. The molecule has 0 N–H and O–H groups in total. The molecule has 14 heavy (non-hydrogen) atoms. The fourth-order valence-corrected chi connectivity index (χ4v) is 1.29. The van der Waals surface area contributed by atoms with E-state index in [9.17, 15) is 4.79 Å². The van der Waals surface area contributed by atoms with E-state index in [4.69, 9.17) is 4.74 Å². The fourth-order valence-electron chi connectivity index (χ4n) is 0.932. The van der Waals surface area contributed by atoms with Crippen LogP contribution in [0.2, 0.25) is 0 Å². The molecule has 0 saturated heterocycles. The zero-order valence-electron chi connectivity index (χ0n) is 8.58. The van der Waals surface area contributed by atoms with Crippen molar-refractivity contribution in [2.24, 2.45) is 0 Å². The van der Waals surface area contributed by atoms with Crippen molar-refractivity contribution in [3.8, 4) is 0 Å². The Bertz CT molecular complexity index is 289. The van der Waals surface area contributed by atoms with Gasteiger partial charge in [0.1, 0.15) is 5.60 Å². The second kappa shape index (κ2) is 4.33. The molecular formula is C10H14INO2. The lowest BCUT2D eigenvalue weighted by Crippen LogP contribution is -2.34. The molecule has 1 aliphatic rings. The van der Waals surface area contributed by atoms with Crippen LogP contribution < -0.4 is 0 Å². The van der Waals surface area contributed by atoms with Crippen LogP contribution in [0.3, 0.4) is 0 Å². The number of rotatable bonds is 0. The van der Waals surface area contributed by atoms with Crippen LogP contribution in [0.4, 0.5) is 4.79 Å². The summed E-state index contributed by atoms with van der Waals surface area (Å²) in [5, 5.41) is 0. The maximum absolute atomic E-state index is 11.5. The number of carbonyl (C=O) groups excluding carboxylic acids is 1. The number of nitrogens with zero attached hydrogens (tertiary/aromatic N) is 1. The van der Waals surface area contributed by atoms with Gasteiger partial charge < -0.3 is 4.74 Å². The standard InChI is InChI=1S/C10H14INO2/c1-10(2,3)14-9(13)12-6-4-8(11)5-7-12/h4-6H,7H2,1-3H3. The van der Waals surface area contributed by atoms with Crippen LogP contribution in [0.1, 0.15) is 20.8 Å². The second-order valence-electron chi connectivity index (χ2n) is 4.04.